The third-order valence-corrected chi connectivity index (χ3v) is 3.87. The number of unbranched alkanes of at least 4 members (excludes halogenated alkanes) is 4. The van der Waals surface area contributed by atoms with Crippen molar-refractivity contribution in [2.75, 3.05) is 0 Å². The Bertz CT molecular complexity index is 546. The van der Waals surface area contributed by atoms with Crippen LogP contribution in [0.1, 0.15) is 57.4 Å². The molecular formula is C19H29N3O3. The van der Waals surface area contributed by atoms with Crippen LogP contribution in [0.15, 0.2) is 30.3 Å². The molecular weight excluding hydrogens is 318 g/mol. The number of nitrogens with two attached hydrogens (primary N) is 1. The van der Waals surface area contributed by atoms with E-state index >= 15 is 0 Å². The zero-order valence-corrected chi connectivity index (χ0v) is 14.9. The molecule has 0 aromatic heterocycles. The number of nitrogens with one attached hydrogen (secondary N) is 2. The van der Waals surface area contributed by atoms with E-state index in [4.69, 9.17) is 5.73 Å². The van der Waals surface area contributed by atoms with Crippen LogP contribution in [0.5, 0.6) is 0 Å². The minimum absolute atomic E-state index is 0.206. The molecule has 0 unspecified atom stereocenters. The molecule has 4 N–H and O–H groups in total. The van der Waals surface area contributed by atoms with E-state index in [1.54, 1.807) is 0 Å². The first kappa shape index (κ1) is 20.7. The normalized spacial score (nSPS) is 11.6. The van der Waals surface area contributed by atoms with Crippen molar-refractivity contribution in [1.82, 2.24) is 10.6 Å². The smallest absolute Gasteiger partial charge is 0.243 e. The van der Waals surface area contributed by atoms with Gasteiger partial charge in [0.05, 0.1) is 6.42 Å². The predicted octanol–water partition coefficient (Wildman–Crippen LogP) is 2.02. The van der Waals surface area contributed by atoms with Crippen LogP contribution in [0.2, 0.25) is 0 Å². The van der Waals surface area contributed by atoms with Crippen LogP contribution >= 0.6 is 0 Å². The molecule has 1 aromatic carbocycles. The summed E-state index contributed by atoms with van der Waals surface area (Å²) in [4.78, 5) is 35.5. The number of rotatable bonds is 12. The number of hydrogen-bond acceptors (Lipinski definition) is 3. The van der Waals surface area contributed by atoms with Crippen LogP contribution in [0, 0.1) is 0 Å². The molecule has 1 atom stereocenters. The molecule has 6 heteroatoms. The van der Waals surface area contributed by atoms with Gasteiger partial charge in [0.2, 0.25) is 17.7 Å². The van der Waals surface area contributed by atoms with Crippen molar-refractivity contribution in [1.29, 1.82) is 0 Å². The predicted molar refractivity (Wildman–Crippen MR) is 97.4 cm³/mol. The largest absolute Gasteiger partial charge is 0.370 e. The van der Waals surface area contributed by atoms with Crippen LogP contribution < -0.4 is 16.4 Å². The van der Waals surface area contributed by atoms with Gasteiger partial charge in [-0.15, -0.1) is 0 Å². The summed E-state index contributed by atoms with van der Waals surface area (Å²) in [5, 5.41) is 5.36. The molecule has 25 heavy (non-hydrogen) atoms. The first-order valence-corrected chi connectivity index (χ1v) is 8.92. The lowest BCUT2D eigenvalue weighted by Crippen LogP contribution is -2.48. The molecule has 1 aromatic rings. The van der Waals surface area contributed by atoms with Crippen LogP contribution in [-0.4, -0.2) is 23.8 Å². The number of hydrogen-bond donors (Lipinski definition) is 3. The number of primary amides is 1. The van der Waals surface area contributed by atoms with E-state index in [2.05, 4.69) is 17.6 Å². The first-order chi connectivity index (χ1) is 12.0. The van der Waals surface area contributed by atoms with Crippen LogP contribution in [0.3, 0.4) is 0 Å². The lowest BCUT2D eigenvalue weighted by atomic mass is 10.1. The molecule has 1 rings (SSSR count). The third-order valence-electron chi connectivity index (χ3n) is 3.87. The minimum atomic E-state index is -0.927. The SMILES string of the molecule is CCCCCCCC(=O)N[C@H](CC(N)=O)C(=O)NCc1ccccc1. The molecule has 0 fully saturated rings. The van der Waals surface area contributed by atoms with Gasteiger partial charge in [0, 0.05) is 13.0 Å². The second-order valence-corrected chi connectivity index (χ2v) is 6.16. The molecule has 0 aliphatic rings. The van der Waals surface area contributed by atoms with Crippen LogP contribution in [-0.2, 0) is 20.9 Å². The summed E-state index contributed by atoms with van der Waals surface area (Å²) in [5.74, 6) is -1.25. The van der Waals surface area contributed by atoms with Gasteiger partial charge in [-0.2, -0.15) is 0 Å². The zero-order valence-electron chi connectivity index (χ0n) is 14.9. The van der Waals surface area contributed by atoms with Gasteiger partial charge in [0.1, 0.15) is 6.04 Å². The Morgan fingerprint density at radius 1 is 1.04 bits per heavy atom. The Balaban J connectivity index is 2.44. The first-order valence-electron chi connectivity index (χ1n) is 8.92. The van der Waals surface area contributed by atoms with Gasteiger partial charge in [-0.25, -0.2) is 0 Å². The quantitative estimate of drug-likeness (QED) is 0.504. The van der Waals surface area contributed by atoms with Gasteiger partial charge in [-0.05, 0) is 12.0 Å². The number of amides is 3. The molecule has 0 saturated heterocycles. The van der Waals surface area contributed by atoms with Gasteiger partial charge in [-0.3, -0.25) is 14.4 Å². The van der Waals surface area contributed by atoms with Crippen LogP contribution in [0.25, 0.3) is 0 Å². The second-order valence-electron chi connectivity index (χ2n) is 6.16. The van der Waals surface area contributed by atoms with E-state index in [0.29, 0.717) is 13.0 Å². The topological polar surface area (TPSA) is 101 Å². The van der Waals surface area contributed by atoms with Crippen LogP contribution in [0.4, 0.5) is 0 Å². The summed E-state index contributed by atoms with van der Waals surface area (Å²) in [6.07, 6.45) is 5.32. The molecule has 0 aliphatic heterocycles. The average molecular weight is 347 g/mol. The van der Waals surface area contributed by atoms with Gasteiger partial charge >= 0.3 is 0 Å². The van der Waals surface area contributed by atoms with E-state index in [1.165, 1.54) is 0 Å². The summed E-state index contributed by atoms with van der Waals surface area (Å²) in [7, 11) is 0. The van der Waals surface area contributed by atoms with E-state index < -0.39 is 17.9 Å². The maximum atomic E-state index is 12.3. The Kier molecular flexibility index (Phi) is 9.97. The fraction of sp³-hybridized carbons (Fsp3) is 0.526. The third kappa shape index (κ3) is 9.49. The summed E-state index contributed by atoms with van der Waals surface area (Å²) in [5.41, 5.74) is 6.14. The minimum Gasteiger partial charge on any atom is -0.370 e. The fourth-order valence-corrected chi connectivity index (χ4v) is 2.47. The van der Waals surface area contributed by atoms with Gasteiger partial charge in [0.25, 0.3) is 0 Å². The van der Waals surface area contributed by atoms with Crippen molar-refractivity contribution in [3.05, 3.63) is 35.9 Å². The number of benzene rings is 1. The highest BCUT2D eigenvalue weighted by atomic mass is 16.2. The van der Waals surface area contributed by atoms with Gasteiger partial charge in [-0.1, -0.05) is 62.9 Å². The zero-order chi connectivity index (χ0) is 18.5. The second kappa shape index (κ2) is 12.1. The van der Waals surface area contributed by atoms with Crippen molar-refractivity contribution >= 4 is 17.7 Å². The van der Waals surface area contributed by atoms with Gasteiger partial charge in [0.15, 0.2) is 0 Å². The highest BCUT2D eigenvalue weighted by Gasteiger charge is 2.22. The summed E-state index contributed by atoms with van der Waals surface area (Å²) in [6, 6.07) is 8.49. The molecule has 0 radical (unpaired) electrons. The Morgan fingerprint density at radius 2 is 1.72 bits per heavy atom. The molecule has 0 saturated carbocycles. The van der Waals surface area contributed by atoms with Crippen molar-refractivity contribution < 1.29 is 14.4 Å². The average Bonchev–Trinajstić information content (AvgIpc) is 2.59. The lowest BCUT2D eigenvalue weighted by molar-refractivity contribution is -0.131. The summed E-state index contributed by atoms with van der Waals surface area (Å²) in [6.45, 7) is 2.47. The summed E-state index contributed by atoms with van der Waals surface area (Å²) >= 11 is 0. The monoisotopic (exact) mass is 347 g/mol. The number of carbonyl (C=O) groups is 3. The highest BCUT2D eigenvalue weighted by Crippen LogP contribution is 2.05. The van der Waals surface area contributed by atoms with E-state index in [0.717, 1.165) is 37.7 Å². The highest BCUT2D eigenvalue weighted by molar-refractivity contribution is 5.91. The van der Waals surface area contributed by atoms with Crippen molar-refractivity contribution in [3.8, 4) is 0 Å². The molecule has 0 bridgehead atoms. The number of carbonyl (C=O) groups excluding carboxylic acids is 3. The van der Waals surface area contributed by atoms with E-state index in [9.17, 15) is 14.4 Å². The Hall–Kier alpha value is -2.37. The van der Waals surface area contributed by atoms with Crippen molar-refractivity contribution in [2.24, 2.45) is 5.73 Å². The van der Waals surface area contributed by atoms with E-state index in [-0.39, 0.29) is 12.3 Å². The molecule has 0 aliphatic carbocycles. The fourth-order valence-electron chi connectivity index (χ4n) is 2.47. The van der Waals surface area contributed by atoms with E-state index in [1.807, 2.05) is 30.3 Å². The lowest BCUT2D eigenvalue weighted by Gasteiger charge is -2.17. The van der Waals surface area contributed by atoms with Crippen molar-refractivity contribution in [3.63, 3.8) is 0 Å². The molecule has 138 valence electrons. The standard InChI is InChI=1S/C19H29N3O3/c1-2-3-4-5-9-12-18(24)22-16(13-17(20)23)19(25)21-14-15-10-7-6-8-11-15/h6-8,10-11,16H,2-5,9,12-14H2,1H3,(H2,20,23)(H,21,25)(H,22,24)/t16-/m1/s1. The Labute approximate surface area is 149 Å². The van der Waals surface area contributed by atoms with Gasteiger partial charge < -0.3 is 16.4 Å². The molecule has 0 spiro atoms. The molecule has 6 nitrogen and oxygen atoms in total. The molecule has 0 heterocycles. The maximum absolute atomic E-state index is 12.3. The molecule has 3 amide bonds. The maximum Gasteiger partial charge on any atom is 0.243 e. The summed E-state index contributed by atoms with van der Waals surface area (Å²) < 4.78 is 0. The van der Waals surface area contributed by atoms with Crippen molar-refractivity contribution in [2.45, 2.75) is 64.5 Å². The Morgan fingerprint density at radius 3 is 2.36 bits per heavy atom.